The van der Waals surface area contributed by atoms with Crippen molar-refractivity contribution >= 4 is 11.9 Å². The van der Waals surface area contributed by atoms with Crippen LogP contribution in [0.25, 0.3) is 0 Å². The predicted octanol–water partition coefficient (Wildman–Crippen LogP) is 3.66. The number of carbonyl (C=O) groups excluding carboxylic acids is 2. The summed E-state index contributed by atoms with van der Waals surface area (Å²) >= 11 is 0. The summed E-state index contributed by atoms with van der Waals surface area (Å²) in [5.74, 6) is -0.565. The first-order chi connectivity index (χ1) is 17.2. The maximum absolute atomic E-state index is 13.0. The Morgan fingerprint density at radius 1 is 1.22 bits per heavy atom. The van der Waals surface area contributed by atoms with Gasteiger partial charge >= 0.3 is 5.97 Å². The van der Waals surface area contributed by atoms with E-state index in [-0.39, 0.29) is 24.0 Å². The summed E-state index contributed by atoms with van der Waals surface area (Å²) in [7, 11) is 1.37. The van der Waals surface area contributed by atoms with Crippen LogP contribution in [0, 0.1) is 18.8 Å². The van der Waals surface area contributed by atoms with E-state index in [1.807, 2.05) is 31.2 Å². The lowest BCUT2D eigenvalue weighted by atomic mass is 9.91. The number of ether oxygens (including phenoxy) is 4. The molecule has 9 nitrogen and oxygen atoms in total. The molecule has 1 aromatic carbocycles. The lowest BCUT2D eigenvalue weighted by Crippen LogP contribution is -2.47. The predicted molar refractivity (Wildman–Crippen MR) is 133 cm³/mol. The quantitative estimate of drug-likeness (QED) is 0.528. The van der Waals surface area contributed by atoms with Crippen molar-refractivity contribution in [1.29, 1.82) is 0 Å². The highest BCUT2D eigenvalue weighted by atomic mass is 16.6. The molecule has 0 bridgehead atoms. The second-order valence-corrected chi connectivity index (χ2v) is 9.54. The van der Waals surface area contributed by atoms with E-state index in [0.717, 1.165) is 18.4 Å². The summed E-state index contributed by atoms with van der Waals surface area (Å²) in [6, 6.07) is 8.07. The van der Waals surface area contributed by atoms with Gasteiger partial charge in [-0.25, -0.2) is 9.78 Å². The molecular formula is C27H36N2O7. The Morgan fingerprint density at radius 3 is 2.61 bits per heavy atom. The number of hydrogen-bond donors (Lipinski definition) is 2. The number of benzene rings is 1. The van der Waals surface area contributed by atoms with Gasteiger partial charge in [0.15, 0.2) is 23.2 Å². The number of aromatic nitrogens is 1. The topological polar surface area (TPSA) is 116 Å². The molecule has 1 aliphatic heterocycles. The largest absolute Gasteiger partial charge is 0.503 e. The van der Waals surface area contributed by atoms with E-state index >= 15 is 0 Å². The molecule has 0 saturated carbocycles. The zero-order valence-electron chi connectivity index (χ0n) is 21.5. The number of aryl methyl sites for hydroxylation is 1. The maximum Gasteiger partial charge on any atom is 0.331 e. The monoisotopic (exact) mass is 500 g/mol. The standard InChI is InChI=1S/C27H36N2O7/c1-16(2)6-9-19-14-34-15-21(29-26(31)23-24(30)22(33-5)12-13-28-23)27(32)35-18(4)25(19)36-20-10-7-17(3)8-11-20/h7-8,10-13,16,18-19,21,25,30H,6,9,14-15H2,1-5H3,(H,29,31)/t18-,19-,21-,25-/m0/s1. The summed E-state index contributed by atoms with van der Waals surface area (Å²) in [6.07, 6.45) is 2.09. The van der Waals surface area contributed by atoms with Crippen molar-refractivity contribution in [2.75, 3.05) is 20.3 Å². The van der Waals surface area contributed by atoms with Gasteiger partial charge in [-0.15, -0.1) is 0 Å². The zero-order valence-corrected chi connectivity index (χ0v) is 21.5. The number of carbonyl (C=O) groups is 2. The van der Waals surface area contributed by atoms with Crippen LogP contribution in [-0.2, 0) is 14.3 Å². The van der Waals surface area contributed by atoms with Crippen molar-refractivity contribution in [3.8, 4) is 17.2 Å². The van der Waals surface area contributed by atoms with E-state index in [2.05, 4.69) is 24.1 Å². The summed E-state index contributed by atoms with van der Waals surface area (Å²) in [5.41, 5.74) is 0.858. The Kier molecular flexibility index (Phi) is 9.52. The molecule has 0 radical (unpaired) electrons. The van der Waals surface area contributed by atoms with Crippen molar-refractivity contribution < 1.29 is 33.6 Å². The summed E-state index contributed by atoms with van der Waals surface area (Å²) in [5, 5.41) is 12.8. The minimum atomic E-state index is -1.09. The van der Waals surface area contributed by atoms with Gasteiger partial charge < -0.3 is 29.4 Å². The van der Waals surface area contributed by atoms with E-state index < -0.39 is 35.9 Å². The fourth-order valence-electron chi connectivity index (χ4n) is 4.07. The number of aromatic hydroxyl groups is 1. The Balaban J connectivity index is 1.79. The highest BCUT2D eigenvalue weighted by molar-refractivity contribution is 5.98. The third-order valence-corrected chi connectivity index (χ3v) is 6.17. The number of cyclic esters (lactones) is 1. The van der Waals surface area contributed by atoms with Crippen LogP contribution in [-0.4, -0.2) is 60.5 Å². The molecule has 9 heteroatoms. The Hall–Kier alpha value is -3.33. The second-order valence-electron chi connectivity index (χ2n) is 9.54. The molecule has 1 saturated heterocycles. The van der Waals surface area contributed by atoms with Crippen molar-refractivity contribution in [2.45, 2.75) is 58.8 Å². The van der Waals surface area contributed by atoms with Crippen LogP contribution in [0.5, 0.6) is 17.2 Å². The van der Waals surface area contributed by atoms with Crippen LogP contribution in [0.1, 0.15) is 49.7 Å². The number of pyridine rings is 1. The molecule has 0 spiro atoms. The lowest BCUT2D eigenvalue weighted by Gasteiger charge is -2.31. The Labute approximate surface area is 212 Å². The fraction of sp³-hybridized carbons (Fsp3) is 0.519. The van der Waals surface area contributed by atoms with Gasteiger partial charge in [-0.3, -0.25) is 4.79 Å². The van der Waals surface area contributed by atoms with Gasteiger partial charge in [0.2, 0.25) is 0 Å². The van der Waals surface area contributed by atoms with Crippen LogP contribution in [0.3, 0.4) is 0 Å². The minimum Gasteiger partial charge on any atom is -0.503 e. The van der Waals surface area contributed by atoms with E-state index in [1.54, 1.807) is 6.92 Å². The minimum absolute atomic E-state index is 0.0324. The Bertz CT molecular complexity index is 1030. The molecule has 1 amide bonds. The molecule has 36 heavy (non-hydrogen) atoms. The van der Waals surface area contributed by atoms with Gasteiger partial charge in [-0.2, -0.15) is 0 Å². The first-order valence-corrected chi connectivity index (χ1v) is 12.2. The highest BCUT2D eigenvalue weighted by Crippen LogP contribution is 2.28. The third kappa shape index (κ3) is 7.10. The van der Waals surface area contributed by atoms with Crippen molar-refractivity contribution in [3.05, 3.63) is 47.8 Å². The van der Waals surface area contributed by atoms with Gasteiger partial charge in [0.1, 0.15) is 18.0 Å². The molecule has 4 atom stereocenters. The SMILES string of the molecule is COc1ccnc(C(=O)N[C@H]2COC[C@H](CCC(C)C)[C@@H](Oc3ccc(C)cc3)[C@H](C)OC2=O)c1O. The number of methoxy groups -OCH3 is 1. The average molecular weight is 501 g/mol. The number of esters is 1. The average Bonchev–Trinajstić information content (AvgIpc) is 2.89. The second kappa shape index (κ2) is 12.6. The number of amides is 1. The molecule has 2 N–H and O–H groups in total. The molecule has 2 aromatic rings. The number of nitrogens with one attached hydrogen (secondary N) is 1. The first kappa shape index (κ1) is 27.3. The first-order valence-electron chi connectivity index (χ1n) is 12.2. The van der Waals surface area contributed by atoms with Gasteiger partial charge in [0, 0.05) is 18.2 Å². The number of nitrogens with zero attached hydrogens (tertiary/aromatic N) is 1. The van der Waals surface area contributed by atoms with Crippen LogP contribution in [0.2, 0.25) is 0 Å². The molecule has 196 valence electrons. The molecular weight excluding hydrogens is 464 g/mol. The molecule has 1 fully saturated rings. The van der Waals surface area contributed by atoms with Gasteiger partial charge in [-0.1, -0.05) is 38.0 Å². The van der Waals surface area contributed by atoms with Crippen molar-refractivity contribution in [2.24, 2.45) is 11.8 Å². The van der Waals surface area contributed by atoms with Crippen LogP contribution >= 0.6 is 0 Å². The van der Waals surface area contributed by atoms with E-state index in [4.69, 9.17) is 18.9 Å². The van der Waals surface area contributed by atoms with Gasteiger partial charge in [-0.05, 0) is 38.3 Å². The smallest absolute Gasteiger partial charge is 0.331 e. The van der Waals surface area contributed by atoms with Crippen LogP contribution in [0.4, 0.5) is 0 Å². The normalized spacial score (nSPS) is 22.7. The van der Waals surface area contributed by atoms with E-state index in [1.165, 1.54) is 19.4 Å². The summed E-state index contributed by atoms with van der Waals surface area (Å²) in [6.45, 7) is 8.35. The summed E-state index contributed by atoms with van der Waals surface area (Å²) in [4.78, 5) is 29.8. The van der Waals surface area contributed by atoms with E-state index in [9.17, 15) is 14.7 Å². The number of rotatable bonds is 8. The zero-order chi connectivity index (χ0) is 26.2. The molecule has 1 aliphatic rings. The van der Waals surface area contributed by atoms with Crippen molar-refractivity contribution in [1.82, 2.24) is 10.3 Å². The molecule has 3 rings (SSSR count). The maximum atomic E-state index is 13.0. The van der Waals surface area contributed by atoms with Crippen molar-refractivity contribution in [3.63, 3.8) is 0 Å². The number of hydrogen-bond acceptors (Lipinski definition) is 8. The fourth-order valence-corrected chi connectivity index (χ4v) is 4.07. The Morgan fingerprint density at radius 2 is 1.94 bits per heavy atom. The lowest BCUT2D eigenvalue weighted by molar-refractivity contribution is -0.156. The van der Waals surface area contributed by atoms with Gasteiger partial charge in [0.25, 0.3) is 5.91 Å². The van der Waals surface area contributed by atoms with Crippen LogP contribution < -0.4 is 14.8 Å². The van der Waals surface area contributed by atoms with E-state index in [0.29, 0.717) is 18.3 Å². The third-order valence-electron chi connectivity index (χ3n) is 6.17. The van der Waals surface area contributed by atoms with Gasteiger partial charge in [0.05, 0.1) is 20.3 Å². The van der Waals surface area contributed by atoms with Crippen LogP contribution in [0.15, 0.2) is 36.5 Å². The highest BCUT2D eigenvalue weighted by Gasteiger charge is 2.36. The molecule has 2 heterocycles. The molecule has 0 unspecified atom stereocenters. The molecule has 0 aliphatic carbocycles. The summed E-state index contributed by atoms with van der Waals surface area (Å²) < 4.78 is 23.1. The molecule has 1 aromatic heterocycles.